The lowest BCUT2D eigenvalue weighted by molar-refractivity contribution is 0.0593. The molecule has 0 aliphatic rings. The molecule has 5 nitrogen and oxygen atoms in total. The third kappa shape index (κ3) is 3.10. The zero-order valence-corrected chi connectivity index (χ0v) is 11.5. The molecule has 1 heterocycles. The van der Waals surface area contributed by atoms with Gasteiger partial charge >= 0.3 is 5.97 Å². The number of carbonyl (C=O) groups excluding carboxylic acids is 1. The first kappa shape index (κ1) is 13.5. The van der Waals surface area contributed by atoms with Crippen LogP contribution in [0.1, 0.15) is 10.5 Å². The maximum atomic E-state index is 11.3. The average Bonchev–Trinajstić information content (AvgIpc) is 2.90. The van der Waals surface area contributed by atoms with Gasteiger partial charge in [-0.05, 0) is 30.4 Å². The first-order valence-corrected chi connectivity index (χ1v) is 6.10. The quantitative estimate of drug-likeness (QED) is 0.682. The van der Waals surface area contributed by atoms with Crippen molar-refractivity contribution in [1.29, 1.82) is 0 Å². The number of hydrogen-bond donors (Lipinski definition) is 1. The van der Waals surface area contributed by atoms with Crippen LogP contribution in [0.25, 0.3) is 0 Å². The standard InChI is InChI=1S/C12H10ClN3O2S/c1-18-11(17)10-6-7-16(15-10)12(19)14-9-5-3-2-4-8(9)13/h2-7H,1H3,(H,14,19). The monoisotopic (exact) mass is 295 g/mol. The highest BCUT2D eigenvalue weighted by Crippen LogP contribution is 2.20. The van der Waals surface area contributed by atoms with E-state index in [2.05, 4.69) is 15.2 Å². The van der Waals surface area contributed by atoms with E-state index < -0.39 is 5.97 Å². The Hall–Kier alpha value is -1.92. The maximum Gasteiger partial charge on any atom is 0.358 e. The van der Waals surface area contributed by atoms with Gasteiger partial charge in [-0.15, -0.1) is 0 Å². The lowest BCUT2D eigenvalue weighted by Gasteiger charge is -2.08. The molecule has 0 fully saturated rings. The predicted molar refractivity (Wildman–Crippen MR) is 76.6 cm³/mol. The molecule has 1 aromatic heterocycles. The number of aromatic nitrogens is 2. The minimum Gasteiger partial charge on any atom is -0.464 e. The van der Waals surface area contributed by atoms with E-state index in [9.17, 15) is 4.79 Å². The largest absolute Gasteiger partial charge is 0.464 e. The fraction of sp³-hybridized carbons (Fsp3) is 0.0833. The summed E-state index contributed by atoms with van der Waals surface area (Å²) >= 11 is 11.2. The summed E-state index contributed by atoms with van der Waals surface area (Å²) in [5.41, 5.74) is 0.857. The summed E-state index contributed by atoms with van der Waals surface area (Å²) in [5.74, 6) is -0.515. The SMILES string of the molecule is COC(=O)c1ccn(C(=S)Nc2ccccc2Cl)n1. The zero-order chi connectivity index (χ0) is 13.8. The van der Waals surface area contributed by atoms with E-state index in [0.29, 0.717) is 15.8 Å². The third-order valence-electron chi connectivity index (χ3n) is 2.31. The summed E-state index contributed by atoms with van der Waals surface area (Å²) in [5, 5.41) is 7.80. The molecule has 1 aromatic carbocycles. The van der Waals surface area contributed by atoms with E-state index in [0.717, 1.165) is 0 Å². The summed E-state index contributed by atoms with van der Waals surface area (Å²) in [6, 6.07) is 8.71. The summed E-state index contributed by atoms with van der Waals surface area (Å²) < 4.78 is 5.93. The number of nitrogens with zero attached hydrogens (tertiary/aromatic N) is 2. The van der Waals surface area contributed by atoms with E-state index in [-0.39, 0.29) is 5.69 Å². The number of anilines is 1. The Kier molecular flexibility index (Phi) is 4.13. The molecule has 0 aliphatic heterocycles. The van der Waals surface area contributed by atoms with Gasteiger partial charge < -0.3 is 10.1 Å². The van der Waals surface area contributed by atoms with Gasteiger partial charge in [0.2, 0.25) is 0 Å². The van der Waals surface area contributed by atoms with Gasteiger partial charge in [-0.25, -0.2) is 9.48 Å². The van der Waals surface area contributed by atoms with Crippen LogP contribution in [0, 0.1) is 0 Å². The summed E-state index contributed by atoms with van der Waals surface area (Å²) in [4.78, 5) is 11.3. The van der Waals surface area contributed by atoms with Crippen molar-refractivity contribution in [1.82, 2.24) is 9.78 Å². The number of benzene rings is 1. The fourth-order valence-electron chi connectivity index (χ4n) is 1.39. The smallest absolute Gasteiger partial charge is 0.358 e. The molecule has 7 heteroatoms. The van der Waals surface area contributed by atoms with Crippen LogP contribution in [0.5, 0.6) is 0 Å². The van der Waals surface area contributed by atoms with Gasteiger partial charge in [0.25, 0.3) is 0 Å². The second-order valence-corrected chi connectivity index (χ2v) is 4.34. The van der Waals surface area contributed by atoms with Crippen LogP contribution in [0.4, 0.5) is 5.69 Å². The summed E-state index contributed by atoms with van der Waals surface area (Å²) in [6.45, 7) is 0. The molecule has 0 unspecified atom stereocenters. The Labute approximate surface area is 120 Å². The maximum absolute atomic E-state index is 11.3. The van der Waals surface area contributed by atoms with Crippen molar-refractivity contribution in [3.63, 3.8) is 0 Å². The minimum atomic E-state index is -0.515. The summed E-state index contributed by atoms with van der Waals surface area (Å²) in [7, 11) is 1.29. The van der Waals surface area contributed by atoms with Gasteiger partial charge in [-0.3, -0.25) is 0 Å². The van der Waals surface area contributed by atoms with Crippen molar-refractivity contribution >= 4 is 40.6 Å². The molecule has 2 aromatic rings. The number of methoxy groups -OCH3 is 1. The molecule has 0 atom stereocenters. The summed E-state index contributed by atoms with van der Waals surface area (Å²) in [6.07, 6.45) is 1.57. The molecule has 0 radical (unpaired) electrons. The number of thiocarbonyl (C=S) groups is 1. The van der Waals surface area contributed by atoms with Crippen LogP contribution < -0.4 is 5.32 Å². The molecule has 0 saturated carbocycles. The number of esters is 1. The Morgan fingerprint density at radius 2 is 2.16 bits per heavy atom. The van der Waals surface area contributed by atoms with Gasteiger partial charge in [-0.2, -0.15) is 5.10 Å². The molecule has 0 amide bonds. The predicted octanol–water partition coefficient (Wildman–Crippen LogP) is 2.57. The van der Waals surface area contributed by atoms with Crippen LogP contribution in [0.3, 0.4) is 0 Å². The number of nitrogens with one attached hydrogen (secondary N) is 1. The molecule has 0 saturated heterocycles. The molecule has 0 spiro atoms. The normalized spacial score (nSPS) is 10.0. The lowest BCUT2D eigenvalue weighted by atomic mass is 10.3. The minimum absolute atomic E-state index is 0.186. The molecule has 0 bridgehead atoms. The van der Waals surface area contributed by atoms with E-state index >= 15 is 0 Å². The van der Waals surface area contributed by atoms with Crippen molar-refractivity contribution in [3.8, 4) is 0 Å². The van der Waals surface area contributed by atoms with Gasteiger partial charge in [0.1, 0.15) is 0 Å². The molecule has 2 rings (SSSR count). The van der Waals surface area contributed by atoms with Crippen molar-refractivity contribution in [3.05, 3.63) is 47.2 Å². The van der Waals surface area contributed by atoms with E-state index in [1.165, 1.54) is 17.9 Å². The van der Waals surface area contributed by atoms with Crippen molar-refractivity contribution in [2.75, 3.05) is 12.4 Å². The number of para-hydroxylation sites is 1. The van der Waals surface area contributed by atoms with Crippen LogP contribution in [0.2, 0.25) is 5.02 Å². The number of ether oxygens (including phenoxy) is 1. The average molecular weight is 296 g/mol. The zero-order valence-electron chi connectivity index (χ0n) is 9.96. The first-order chi connectivity index (χ1) is 9.11. The Morgan fingerprint density at radius 1 is 1.42 bits per heavy atom. The third-order valence-corrected chi connectivity index (χ3v) is 2.93. The lowest BCUT2D eigenvalue weighted by Crippen LogP contribution is -2.20. The van der Waals surface area contributed by atoms with Gasteiger partial charge in [0.15, 0.2) is 10.8 Å². The van der Waals surface area contributed by atoms with E-state index in [1.807, 2.05) is 12.1 Å². The molecule has 0 aliphatic carbocycles. The molecule has 19 heavy (non-hydrogen) atoms. The van der Waals surface area contributed by atoms with Crippen molar-refractivity contribution in [2.45, 2.75) is 0 Å². The number of rotatable bonds is 2. The highest BCUT2D eigenvalue weighted by molar-refractivity contribution is 7.80. The van der Waals surface area contributed by atoms with E-state index in [4.69, 9.17) is 23.8 Å². The van der Waals surface area contributed by atoms with Gasteiger partial charge in [0, 0.05) is 6.20 Å². The molecule has 98 valence electrons. The van der Waals surface area contributed by atoms with E-state index in [1.54, 1.807) is 18.3 Å². The number of carbonyl (C=O) groups is 1. The molecular weight excluding hydrogens is 286 g/mol. The van der Waals surface area contributed by atoms with Crippen molar-refractivity contribution < 1.29 is 9.53 Å². The van der Waals surface area contributed by atoms with Crippen LogP contribution >= 0.6 is 23.8 Å². The fourth-order valence-corrected chi connectivity index (χ4v) is 1.78. The van der Waals surface area contributed by atoms with Crippen LogP contribution in [-0.4, -0.2) is 28.0 Å². The molecular formula is C12H10ClN3O2S. The highest BCUT2D eigenvalue weighted by Gasteiger charge is 2.11. The Morgan fingerprint density at radius 3 is 2.84 bits per heavy atom. The second-order valence-electron chi connectivity index (χ2n) is 3.55. The number of halogens is 1. The number of hydrogen-bond acceptors (Lipinski definition) is 4. The molecule has 1 N–H and O–H groups in total. The van der Waals surface area contributed by atoms with Gasteiger partial charge in [-0.1, -0.05) is 23.7 Å². The van der Waals surface area contributed by atoms with Crippen molar-refractivity contribution in [2.24, 2.45) is 0 Å². The Balaban J connectivity index is 2.15. The first-order valence-electron chi connectivity index (χ1n) is 5.31. The second kappa shape index (κ2) is 5.81. The van der Waals surface area contributed by atoms with Crippen LogP contribution in [0.15, 0.2) is 36.5 Å². The van der Waals surface area contributed by atoms with Gasteiger partial charge in [0.05, 0.1) is 17.8 Å². The van der Waals surface area contributed by atoms with Crippen LogP contribution in [-0.2, 0) is 4.74 Å². The Bertz CT molecular complexity index is 627. The topological polar surface area (TPSA) is 56.1 Å². The highest BCUT2D eigenvalue weighted by atomic mass is 35.5.